The van der Waals surface area contributed by atoms with Crippen molar-refractivity contribution in [3.63, 3.8) is 0 Å². The standard InChI is InChI=1S/C11H12O2/c1-6-9-7-3-4-8(5-7)11(9,2)10(12)13-6/h3-4,7-9H,1,5H2,2H3. The zero-order valence-electron chi connectivity index (χ0n) is 7.62. The van der Waals surface area contributed by atoms with E-state index in [0.717, 1.165) is 6.42 Å². The van der Waals surface area contributed by atoms with Crippen molar-refractivity contribution in [1.82, 2.24) is 0 Å². The Bertz CT molecular complexity index is 342. The second kappa shape index (κ2) is 1.89. The number of fused-ring (bicyclic) bond motifs is 5. The van der Waals surface area contributed by atoms with Crippen molar-refractivity contribution in [2.24, 2.45) is 23.2 Å². The predicted octanol–water partition coefficient (Wildman–Crippen LogP) is 1.89. The molecule has 68 valence electrons. The Morgan fingerprint density at radius 3 is 3.08 bits per heavy atom. The highest BCUT2D eigenvalue weighted by atomic mass is 16.5. The lowest BCUT2D eigenvalue weighted by molar-refractivity contribution is -0.145. The van der Waals surface area contributed by atoms with Gasteiger partial charge in [-0.3, -0.25) is 4.79 Å². The topological polar surface area (TPSA) is 26.3 Å². The molecular formula is C11H12O2. The predicted molar refractivity (Wildman–Crippen MR) is 47.6 cm³/mol. The summed E-state index contributed by atoms with van der Waals surface area (Å²) in [4.78, 5) is 11.7. The van der Waals surface area contributed by atoms with Crippen molar-refractivity contribution in [3.05, 3.63) is 24.5 Å². The first-order valence-corrected chi connectivity index (χ1v) is 4.73. The second-order valence-corrected chi connectivity index (χ2v) is 4.51. The van der Waals surface area contributed by atoms with Gasteiger partial charge in [0.1, 0.15) is 5.76 Å². The summed E-state index contributed by atoms with van der Waals surface area (Å²) in [5.41, 5.74) is -0.295. The summed E-state index contributed by atoms with van der Waals surface area (Å²) in [5.74, 6) is 1.74. The van der Waals surface area contributed by atoms with E-state index in [0.29, 0.717) is 17.6 Å². The first-order valence-electron chi connectivity index (χ1n) is 4.73. The van der Waals surface area contributed by atoms with Crippen LogP contribution in [0.15, 0.2) is 24.5 Å². The zero-order valence-corrected chi connectivity index (χ0v) is 7.62. The van der Waals surface area contributed by atoms with E-state index < -0.39 is 0 Å². The fraction of sp³-hybridized carbons (Fsp3) is 0.545. The van der Waals surface area contributed by atoms with Gasteiger partial charge in [-0.05, 0) is 25.2 Å². The van der Waals surface area contributed by atoms with Crippen LogP contribution < -0.4 is 0 Å². The Hall–Kier alpha value is -1.05. The van der Waals surface area contributed by atoms with E-state index in [1.54, 1.807) is 0 Å². The fourth-order valence-electron chi connectivity index (χ4n) is 3.24. The van der Waals surface area contributed by atoms with Gasteiger partial charge in [-0.25, -0.2) is 0 Å². The van der Waals surface area contributed by atoms with Gasteiger partial charge in [0.15, 0.2) is 0 Å². The number of hydrogen-bond acceptors (Lipinski definition) is 2. The maximum atomic E-state index is 11.7. The number of carbonyl (C=O) groups is 1. The van der Waals surface area contributed by atoms with Gasteiger partial charge in [0, 0.05) is 5.92 Å². The Balaban J connectivity index is 2.17. The minimum Gasteiger partial charge on any atom is -0.431 e. The van der Waals surface area contributed by atoms with Crippen LogP contribution in [0.4, 0.5) is 0 Å². The third kappa shape index (κ3) is 0.609. The van der Waals surface area contributed by atoms with Crippen molar-refractivity contribution in [2.75, 3.05) is 0 Å². The van der Waals surface area contributed by atoms with Gasteiger partial charge >= 0.3 is 5.97 Å². The third-order valence-electron chi connectivity index (χ3n) is 3.97. The van der Waals surface area contributed by atoms with E-state index in [2.05, 4.69) is 18.7 Å². The summed E-state index contributed by atoms with van der Waals surface area (Å²) < 4.78 is 5.14. The minimum atomic E-state index is -0.295. The van der Waals surface area contributed by atoms with Crippen LogP contribution in [0.1, 0.15) is 13.3 Å². The zero-order chi connectivity index (χ0) is 9.22. The molecule has 2 aliphatic carbocycles. The fourth-order valence-corrected chi connectivity index (χ4v) is 3.24. The van der Waals surface area contributed by atoms with Gasteiger partial charge in [0.25, 0.3) is 0 Å². The summed E-state index contributed by atoms with van der Waals surface area (Å²) in [6, 6.07) is 0. The minimum absolute atomic E-state index is 0.0700. The molecule has 1 aliphatic heterocycles. The lowest BCUT2D eigenvalue weighted by atomic mass is 9.71. The first kappa shape index (κ1) is 7.36. The molecule has 0 radical (unpaired) electrons. The summed E-state index contributed by atoms with van der Waals surface area (Å²) in [7, 11) is 0. The van der Waals surface area contributed by atoms with Crippen molar-refractivity contribution in [3.8, 4) is 0 Å². The highest BCUT2D eigenvalue weighted by molar-refractivity contribution is 5.83. The molecule has 13 heavy (non-hydrogen) atoms. The maximum absolute atomic E-state index is 11.7. The van der Waals surface area contributed by atoms with Gasteiger partial charge < -0.3 is 4.74 Å². The molecule has 0 aromatic carbocycles. The van der Waals surface area contributed by atoms with E-state index in [4.69, 9.17) is 4.74 Å². The lowest BCUT2D eigenvalue weighted by Gasteiger charge is -2.27. The number of ether oxygens (including phenoxy) is 1. The monoisotopic (exact) mass is 176 g/mol. The van der Waals surface area contributed by atoms with Crippen LogP contribution in [0.3, 0.4) is 0 Å². The van der Waals surface area contributed by atoms with Crippen LogP contribution in [0.25, 0.3) is 0 Å². The Kier molecular flexibility index (Phi) is 1.07. The average Bonchev–Trinajstić information content (AvgIpc) is 2.66. The van der Waals surface area contributed by atoms with E-state index in [1.807, 2.05) is 6.92 Å². The number of rotatable bonds is 0. The number of cyclic esters (lactones) is 1. The summed E-state index contributed by atoms with van der Waals surface area (Å²) in [5, 5.41) is 0. The molecule has 0 aromatic rings. The summed E-state index contributed by atoms with van der Waals surface area (Å²) in [6.07, 6.45) is 5.49. The molecule has 0 N–H and O–H groups in total. The molecule has 2 nitrogen and oxygen atoms in total. The summed E-state index contributed by atoms with van der Waals surface area (Å²) >= 11 is 0. The Labute approximate surface area is 77.3 Å². The SMILES string of the molecule is C=C1OC(=O)C2(C)C3C=CC(C3)C12. The second-order valence-electron chi connectivity index (χ2n) is 4.51. The number of allylic oxidation sites excluding steroid dienone is 3. The number of esters is 1. The van der Waals surface area contributed by atoms with Crippen molar-refractivity contribution in [2.45, 2.75) is 13.3 Å². The van der Waals surface area contributed by atoms with Crippen LogP contribution in [-0.2, 0) is 9.53 Å². The molecule has 0 aromatic heterocycles. The van der Waals surface area contributed by atoms with E-state index >= 15 is 0 Å². The number of carbonyl (C=O) groups excluding carboxylic acids is 1. The quantitative estimate of drug-likeness (QED) is 0.416. The van der Waals surface area contributed by atoms with Gasteiger partial charge in [-0.1, -0.05) is 18.7 Å². The van der Waals surface area contributed by atoms with Crippen LogP contribution in [0.2, 0.25) is 0 Å². The molecule has 4 atom stereocenters. The smallest absolute Gasteiger partial charge is 0.318 e. The lowest BCUT2D eigenvalue weighted by Crippen LogP contribution is -2.33. The van der Waals surface area contributed by atoms with Crippen molar-refractivity contribution in [1.29, 1.82) is 0 Å². The van der Waals surface area contributed by atoms with Crippen molar-refractivity contribution < 1.29 is 9.53 Å². The van der Waals surface area contributed by atoms with E-state index in [9.17, 15) is 4.79 Å². The summed E-state index contributed by atoms with van der Waals surface area (Å²) in [6.45, 7) is 5.85. The molecule has 1 saturated carbocycles. The molecule has 3 rings (SSSR count). The largest absolute Gasteiger partial charge is 0.431 e. The third-order valence-corrected chi connectivity index (χ3v) is 3.97. The highest BCUT2D eigenvalue weighted by Crippen LogP contribution is 2.62. The average molecular weight is 176 g/mol. The Morgan fingerprint density at radius 1 is 1.62 bits per heavy atom. The molecule has 2 bridgehead atoms. The normalized spacial score (nSPS) is 51.3. The molecule has 0 spiro atoms. The molecule has 3 aliphatic rings. The van der Waals surface area contributed by atoms with Crippen LogP contribution in [0.5, 0.6) is 0 Å². The molecular weight excluding hydrogens is 164 g/mol. The maximum Gasteiger partial charge on any atom is 0.318 e. The van der Waals surface area contributed by atoms with E-state index in [1.165, 1.54) is 0 Å². The van der Waals surface area contributed by atoms with Gasteiger partial charge in [0.05, 0.1) is 5.41 Å². The van der Waals surface area contributed by atoms with E-state index in [-0.39, 0.29) is 17.3 Å². The molecule has 0 amide bonds. The highest BCUT2D eigenvalue weighted by Gasteiger charge is 2.63. The molecule has 2 heteroatoms. The van der Waals surface area contributed by atoms with Gasteiger partial charge in [0.2, 0.25) is 0 Å². The van der Waals surface area contributed by atoms with Gasteiger partial charge in [-0.2, -0.15) is 0 Å². The van der Waals surface area contributed by atoms with Gasteiger partial charge in [-0.15, -0.1) is 0 Å². The molecule has 1 heterocycles. The van der Waals surface area contributed by atoms with Crippen LogP contribution >= 0.6 is 0 Å². The van der Waals surface area contributed by atoms with Crippen molar-refractivity contribution >= 4 is 5.97 Å². The molecule has 4 unspecified atom stereocenters. The Morgan fingerprint density at radius 2 is 2.38 bits per heavy atom. The molecule has 2 fully saturated rings. The molecule has 1 saturated heterocycles. The number of hydrogen-bond donors (Lipinski definition) is 0. The first-order chi connectivity index (χ1) is 6.14. The van der Waals surface area contributed by atoms with Crippen LogP contribution in [-0.4, -0.2) is 5.97 Å². The van der Waals surface area contributed by atoms with Crippen LogP contribution in [0, 0.1) is 23.2 Å².